The summed E-state index contributed by atoms with van der Waals surface area (Å²) in [5.41, 5.74) is 0.605. The first-order chi connectivity index (χ1) is 13.1. The predicted octanol–water partition coefficient (Wildman–Crippen LogP) is 2.29. The number of esters is 1. The molecule has 2 amide bonds. The maximum atomic E-state index is 12.8. The van der Waals surface area contributed by atoms with E-state index in [1.165, 1.54) is 12.0 Å². The second kappa shape index (κ2) is 9.05. The summed E-state index contributed by atoms with van der Waals surface area (Å²) < 4.78 is 15.5. The van der Waals surface area contributed by atoms with Crippen LogP contribution < -0.4 is 5.32 Å². The molecule has 154 valence electrons. The van der Waals surface area contributed by atoms with Gasteiger partial charge in [-0.1, -0.05) is 12.1 Å². The molecule has 1 fully saturated rings. The van der Waals surface area contributed by atoms with E-state index >= 15 is 0 Å². The molecule has 0 unspecified atom stereocenters. The maximum Gasteiger partial charge on any atom is 0.411 e. The number of carbonyl (C=O) groups is 3. The van der Waals surface area contributed by atoms with Gasteiger partial charge in [-0.2, -0.15) is 0 Å². The second-order valence-electron chi connectivity index (χ2n) is 7.61. The van der Waals surface area contributed by atoms with E-state index in [4.69, 9.17) is 9.47 Å². The Morgan fingerprint density at radius 1 is 1.21 bits per heavy atom. The van der Waals surface area contributed by atoms with Crippen molar-refractivity contribution in [3.05, 3.63) is 35.4 Å². The minimum atomic E-state index is -0.764. The topological polar surface area (TPSA) is 94.2 Å². The Hall–Kier alpha value is -2.61. The second-order valence-corrected chi connectivity index (χ2v) is 7.61. The van der Waals surface area contributed by atoms with E-state index in [1.54, 1.807) is 45.0 Å². The minimum absolute atomic E-state index is 0.110. The molecule has 2 rings (SSSR count). The Morgan fingerprint density at radius 2 is 1.86 bits per heavy atom. The number of nitrogens with one attached hydrogen (secondary N) is 1. The van der Waals surface area contributed by atoms with Crippen LogP contribution in [-0.4, -0.2) is 61.4 Å². The van der Waals surface area contributed by atoms with Gasteiger partial charge in [-0.05, 0) is 45.4 Å². The lowest BCUT2D eigenvalue weighted by Crippen LogP contribution is -2.57. The highest BCUT2D eigenvalue weighted by Crippen LogP contribution is 2.18. The standard InChI is InChI=1S/C20H28N2O6/c1-13(14-6-8-15(9-7-14)18(24)26-5)21-17(23)16-12-27-11-10-22(16)19(25)28-20(2,3)4/h6-9,13,16H,10-12H2,1-5H3,(H,21,23)/t13-,16-/m0/s1. The van der Waals surface area contributed by atoms with Crippen LogP contribution in [0.5, 0.6) is 0 Å². The minimum Gasteiger partial charge on any atom is -0.465 e. The number of methoxy groups -OCH3 is 1. The van der Waals surface area contributed by atoms with Crippen molar-refractivity contribution in [2.75, 3.05) is 26.9 Å². The van der Waals surface area contributed by atoms with Gasteiger partial charge in [-0.15, -0.1) is 0 Å². The van der Waals surface area contributed by atoms with Crippen LogP contribution in [0.15, 0.2) is 24.3 Å². The molecule has 1 saturated heterocycles. The Labute approximate surface area is 165 Å². The Kier molecular flexibility index (Phi) is 7.01. The number of amides is 2. The van der Waals surface area contributed by atoms with Crippen LogP contribution in [0.3, 0.4) is 0 Å². The molecule has 0 aromatic heterocycles. The van der Waals surface area contributed by atoms with Crippen LogP contribution in [0.2, 0.25) is 0 Å². The summed E-state index contributed by atoms with van der Waals surface area (Å²) >= 11 is 0. The van der Waals surface area contributed by atoms with E-state index in [0.717, 1.165) is 5.56 Å². The SMILES string of the molecule is COC(=O)c1ccc([C@H](C)NC(=O)[C@@H]2COCCN2C(=O)OC(C)(C)C)cc1. The molecule has 1 aliphatic rings. The van der Waals surface area contributed by atoms with E-state index in [0.29, 0.717) is 12.2 Å². The Balaban J connectivity index is 2.04. The third kappa shape index (κ3) is 5.69. The van der Waals surface area contributed by atoms with E-state index in [1.807, 2.05) is 6.92 Å². The molecule has 28 heavy (non-hydrogen) atoms. The largest absolute Gasteiger partial charge is 0.465 e. The number of hydrogen-bond donors (Lipinski definition) is 1. The van der Waals surface area contributed by atoms with Gasteiger partial charge in [0, 0.05) is 6.54 Å². The number of hydrogen-bond acceptors (Lipinski definition) is 6. The molecular weight excluding hydrogens is 364 g/mol. The lowest BCUT2D eigenvalue weighted by molar-refractivity contribution is -0.132. The van der Waals surface area contributed by atoms with Gasteiger partial charge in [0.15, 0.2) is 0 Å². The van der Waals surface area contributed by atoms with Crippen LogP contribution >= 0.6 is 0 Å². The monoisotopic (exact) mass is 392 g/mol. The van der Waals surface area contributed by atoms with Crippen molar-refractivity contribution in [1.29, 1.82) is 0 Å². The summed E-state index contributed by atoms with van der Waals surface area (Å²) in [5, 5.41) is 2.89. The van der Waals surface area contributed by atoms with Crippen molar-refractivity contribution in [2.24, 2.45) is 0 Å². The first kappa shape index (κ1) is 21.7. The van der Waals surface area contributed by atoms with E-state index in [9.17, 15) is 14.4 Å². The van der Waals surface area contributed by atoms with Gasteiger partial charge in [0.05, 0.1) is 31.9 Å². The molecule has 1 N–H and O–H groups in total. The average molecular weight is 392 g/mol. The summed E-state index contributed by atoms with van der Waals surface area (Å²) in [4.78, 5) is 38.1. The van der Waals surface area contributed by atoms with Crippen LogP contribution in [0.1, 0.15) is 49.7 Å². The fraction of sp³-hybridized carbons (Fsp3) is 0.550. The third-order valence-corrected chi connectivity index (χ3v) is 4.25. The fourth-order valence-corrected chi connectivity index (χ4v) is 2.78. The van der Waals surface area contributed by atoms with Gasteiger partial charge >= 0.3 is 12.1 Å². The molecule has 2 atom stereocenters. The quantitative estimate of drug-likeness (QED) is 0.790. The van der Waals surface area contributed by atoms with Crippen LogP contribution in [0.4, 0.5) is 4.79 Å². The van der Waals surface area contributed by atoms with Crippen LogP contribution in [0.25, 0.3) is 0 Å². The number of rotatable bonds is 4. The number of nitrogens with zero attached hydrogens (tertiary/aromatic N) is 1. The normalized spacial score (nSPS) is 18.2. The van der Waals surface area contributed by atoms with E-state index < -0.39 is 23.7 Å². The molecule has 8 heteroatoms. The zero-order valence-electron chi connectivity index (χ0n) is 17.0. The molecular formula is C20H28N2O6. The highest BCUT2D eigenvalue weighted by Gasteiger charge is 2.36. The van der Waals surface area contributed by atoms with Gasteiger partial charge < -0.3 is 19.5 Å². The Morgan fingerprint density at radius 3 is 2.43 bits per heavy atom. The smallest absolute Gasteiger partial charge is 0.411 e. The van der Waals surface area contributed by atoms with Gasteiger partial charge in [0.2, 0.25) is 5.91 Å². The van der Waals surface area contributed by atoms with E-state index in [-0.39, 0.29) is 25.1 Å². The summed E-state index contributed by atoms with van der Waals surface area (Å²) in [6, 6.07) is 5.70. The molecule has 1 aromatic carbocycles. The summed E-state index contributed by atoms with van der Waals surface area (Å²) in [5.74, 6) is -0.745. The lowest BCUT2D eigenvalue weighted by atomic mass is 10.1. The van der Waals surface area contributed by atoms with Crippen molar-refractivity contribution in [3.63, 3.8) is 0 Å². The Bertz CT molecular complexity index is 710. The van der Waals surface area contributed by atoms with Crippen molar-refractivity contribution in [2.45, 2.75) is 45.4 Å². The summed E-state index contributed by atoms with van der Waals surface area (Å²) in [6.07, 6.45) is -0.536. The maximum absolute atomic E-state index is 12.8. The first-order valence-corrected chi connectivity index (χ1v) is 9.18. The van der Waals surface area contributed by atoms with Crippen molar-refractivity contribution < 1.29 is 28.6 Å². The molecule has 1 aromatic rings. The number of benzene rings is 1. The zero-order valence-corrected chi connectivity index (χ0v) is 17.0. The lowest BCUT2D eigenvalue weighted by Gasteiger charge is -2.36. The first-order valence-electron chi connectivity index (χ1n) is 9.18. The fourth-order valence-electron chi connectivity index (χ4n) is 2.78. The molecule has 0 saturated carbocycles. The number of carbonyl (C=O) groups excluding carboxylic acids is 3. The summed E-state index contributed by atoms with van der Waals surface area (Å²) in [6.45, 7) is 7.91. The molecule has 1 aliphatic heterocycles. The average Bonchev–Trinajstić information content (AvgIpc) is 2.66. The molecule has 0 spiro atoms. The van der Waals surface area contributed by atoms with Gasteiger partial charge in [-0.3, -0.25) is 9.69 Å². The van der Waals surface area contributed by atoms with Crippen LogP contribution in [-0.2, 0) is 19.0 Å². The molecule has 0 aliphatic carbocycles. The number of morpholine rings is 1. The molecule has 8 nitrogen and oxygen atoms in total. The molecule has 0 bridgehead atoms. The van der Waals surface area contributed by atoms with Gasteiger partial charge in [0.25, 0.3) is 0 Å². The number of ether oxygens (including phenoxy) is 3. The van der Waals surface area contributed by atoms with Crippen molar-refractivity contribution >= 4 is 18.0 Å². The van der Waals surface area contributed by atoms with Crippen molar-refractivity contribution in [3.8, 4) is 0 Å². The molecule has 1 heterocycles. The van der Waals surface area contributed by atoms with Gasteiger partial charge in [0.1, 0.15) is 11.6 Å². The third-order valence-electron chi connectivity index (χ3n) is 4.25. The zero-order chi connectivity index (χ0) is 20.9. The predicted molar refractivity (Wildman–Crippen MR) is 102 cm³/mol. The van der Waals surface area contributed by atoms with Crippen molar-refractivity contribution in [1.82, 2.24) is 10.2 Å². The summed E-state index contributed by atoms with van der Waals surface area (Å²) in [7, 11) is 1.32. The highest BCUT2D eigenvalue weighted by molar-refractivity contribution is 5.89. The molecule has 0 radical (unpaired) electrons. The van der Waals surface area contributed by atoms with Gasteiger partial charge in [-0.25, -0.2) is 9.59 Å². The highest BCUT2D eigenvalue weighted by atomic mass is 16.6. The van der Waals surface area contributed by atoms with E-state index in [2.05, 4.69) is 10.1 Å². The van der Waals surface area contributed by atoms with Crippen LogP contribution in [0, 0.1) is 0 Å².